The predicted molar refractivity (Wildman–Crippen MR) is 103 cm³/mol. The van der Waals surface area contributed by atoms with Crippen LogP contribution in [0, 0.1) is 0 Å². The molecule has 0 amide bonds. The van der Waals surface area contributed by atoms with Crippen molar-refractivity contribution in [2.24, 2.45) is 0 Å². The van der Waals surface area contributed by atoms with E-state index in [0.29, 0.717) is 6.35 Å². The maximum absolute atomic E-state index is 7.68. The third-order valence-electron chi connectivity index (χ3n) is 4.26. The van der Waals surface area contributed by atoms with E-state index >= 15 is 0 Å². The first kappa shape index (κ1) is 16.2. The number of hydrogen-bond acceptors (Lipinski definition) is 1. The summed E-state index contributed by atoms with van der Waals surface area (Å²) in [7, 11) is 1.72. The molecule has 0 saturated heterocycles. The third kappa shape index (κ3) is 2.60. The molecule has 0 aromatic heterocycles. The van der Waals surface area contributed by atoms with Crippen molar-refractivity contribution in [2.45, 2.75) is 0 Å². The van der Waals surface area contributed by atoms with Crippen LogP contribution < -0.4 is 15.9 Å². The molecule has 3 rings (SSSR count). The van der Waals surface area contributed by atoms with Gasteiger partial charge < -0.3 is 0 Å². The van der Waals surface area contributed by atoms with E-state index in [0.717, 1.165) is 15.9 Å². The Balaban J connectivity index is 2.41. The fraction of sp³-hybridized carbons (Fsp3) is 0.100. The summed E-state index contributed by atoms with van der Waals surface area (Å²) in [6.45, 7) is 0. The van der Waals surface area contributed by atoms with Gasteiger partial charge in [-0.2, -0.15) is 0 Å². The van der Waals surface area contributed by atoms with E-state index < -0.39 is 5.96 Å². The van der Waals surface area contributed by atoms with Crippen LogP contribution in [0.1, 0.15) is 0 Å². The number of rotatable bonds is 5. The summed E-state index contributed by atoms with van der Waals surface area (Å²) in [6, 6.07) is 31.0. The molecule has 0 atom stereocenters. The maximum atomic E-state index is 7.68. The average molecular weight is 343 g/mol. The summed E-state index contributed by atoms with van der Waals surface area (Å²) in [5.74, 6) is -3.18. The van der Waals surface area contributed by atoms with Crippen LogP contribution in [0.2, 0.25) is 0 Å². The Kier molecular flexibility index (Phi) is 4.55. The number of benzene rings is 3. The van der Waals surface area contributed by atoms with Gasteiger partial charge in [0.2, 0.25) is 0 Å². The average Bonchev–Trinajstić information content (AvgIpc) is 2.64. The molecule has 0 saturated carbocycles. The molecule has 1 nitrogen and oxygen atoms in total. The molecule has 0 aliphatic carbocycles. The van der Waals surface area contributed by atoms with Gasteiger partial charge in [0.1, 0.15) is 0 Å². The molecule has 0 fully saturated rings. The van der Waals surface area contributed by atoms with Crippen LogP contribution in [0.5, 0.6) is 0 Å². The Morgan fingerprint density at radius 2 is 0.957 bits per heavy atom. The van der Waals surface area contributed by atoms with Crippen LogP contribution in [0.25, 0.3) is 0 Å². The molecule has 0 heterocycles. The molecule has 23 heavy (non-hydrogen) atoms. The van der Waals surface area contributed by atoms with E-state index in [4.69, 9.17) is 16.0 Å². The normalized spacial score (nSPS) is 13.2. The molecule has 0 N–H and O–H groups in total. The van der Waals surface area contributed by atoms with Gasteiger partial charge in [-0.1, -0.05) is 0 Å². The number of halogens is 1. The van der Waals surface area contributed by atoms with E-state index in [-0.39, 0.29) is 0 Å². The number of ether oxygens (including phenoxy) is 1. The Bertz CT molecular complexity index is 660. The molecule has 0 aliphatic rings. The summed E-state index contributed by atoms with van der Waals surface area (Å²) in [4.78, 5) is 0. The van der Waals surface area contributed by atoms with Crippen molar-refractivity contribution in [1.29, 1.82) is 0 Å². The summed E-state index contributed by atoms with van der Waals surface area (Å²) in [5, 5.41) is 3.37. The van der Waals surface area contributed by atoms with E-state index in [1.165, 1.54) is 0 Å². The zero-order valence-electron chi connectivity index (χ0n) is 13.1. The van der Waals surface area contributed by atoms with Crippen molar-refractivity contribution in [1.82, 2.24) is 0 Å². The molecule has 0 aliphatic heterocycles. The quantitative estimate of drug-likeness (QED) is 0.629. The minimum atomic E-state index is -3.18. The Labute approximate surface area is 142 Å². The van der Waals surface area contributed by atoms with Crippen LogP contribution >= 0.6 is 17.2 Å². The van der Waals surface area contributed by atoms with Crippen molar-refractivity contribution in [3.05, 3.63) is 91.0 Å². The second kappa shape index (κ2) is 6.45. The van der Waals surface area contributed by atoms with Gasteiger partial charge in [-0.15, -0.1) is 0 Å². The van der Waals surface area contributed by atoms with E-state index in [1.807, 2.05) is 54.6 Å². The zero-order chi connectivity index (χ0) is 16.2. The van der Waals surface area contributed by atoms with Gasteiger partial charge in [-0.25, -0.2) is 0 Å². The van der Waals surface area contributed by atoms with Crippen LogP contribution in [0.4, 0.5) is 0 Å². The van der Waals surface area contributed by atoms with Crippen LogP contribution in [0.3, 0.4) is 0 Å². The molecule has 3 heteroatoms. The summed E-state index contributed by atoms with van der Waals surface area (Å²) < 4.78 is 5.70. The molecular formula is C20H20ClOP. The second-order valence-electron chi connectivity index (χ2n) is 5.61. The molecule has 0 spiro atoms. The third-order valence-corrected chi connectivity index (χ3v) is 11.2. The first-order valence-corrected chi connectivity index (χ1v) is 10.9. The molecule has 0 radical (unpaired) electrons. The van der Waals surface area contributed by atoms with Gasteiger partial charge in [-0.05, 0) is 0 Å². The van der Waals surface area contributed by atoms with Crippen molar-refractivity contribution in [3.63, 3.8) is 0 Å². The monoisotopic (exact) mass is 342 g/mol. The molecule has 0 unspecified atom stereocenters. The summed E-state index contributed by atoms with van der Waals surface area (Å²) in [5.41, 5.74) is 0. The van der Waals surface area contributed by atoms with Crippen molar-refractivity contribution >= 4 is 33.1 Å². The van der Waals surface area contributed by atoms with Crippen LogP contribution in [-0.4, -0.2) is 13.5 Å². The first-order chi connectivity index (χ1) is 11.2. The Morgan fingerprint density at radius 3 is 1.22 bits per heavy atom. The minimum absolute atomic E-state index is 0.463. The van der Waals surface area contributed by atoms with Crippen LogP contribution in [-0.2, 0) is 4.74 Å². The van der Waals surface area contributed by atoms with Gasteiger partial charge in [0.25, 0.3) is 0 Å². The summed E-state index contributed by atoms with van der Waals surface area (Å²) >= 11 is 7.68. The standard InChI is InChI=1S/C20H20ClOP/c1-22-17-23(21,18-11-5-2-6-12-18,19-13-7-3-8-14-19)20-15-9-4-10-16-20/h2-16H,17H2,1H3. The molecule has 3 aromatic carbocycles. The van der Waals surface area contributed by atoms with E-state index in [2.05, 4.69) is 36.4 Å². The van der Waals surface area contributed by atoms with Gasteiger partial charge in [0, 0.05) is 0 Å². The summed E-state index contributed by atoms with van der Waals surface area (Å²) in [6.07, 6.45) is 0.463. The SMILES string of the molecule is COCP(Cl)(c1ccccc1)(c1ccccc1)c1ccccc1. The van der Waals surface area contributed by atoms with Crippen LogP contribution in [0.15, 0.2) is 91.0 Å². The Hall–Kier alpha value is -1.66. The number of methoxy groups -OCH3 is 1. The molecule has 0 bridgehead atoms. The first-order valence-electron chi connectivity index (χ1n) is 7.59. The van der Waals surface area contributed by atoms with Gasteiger partial charge in [0.15, 0.2) is 0 Å². The van der Waals surface area contributed by atoms with Gasteiger partial charge >= 0.3 is 142 Å². The van der Waals surface area contributed by atoms with E-state index in [1.54, 1.807) is 7.11 Å². The van der Waals surface area contributed by atoms with Gasteiger partial charge in [-0.3, -0.25) is 0 Å². The predicted octanol–water partition coefficient (Wildman–Crippen LogP) is 4.27. The second-order valence-corrected chi connectivity index (χ2v) is 12.0. The van der Waals surface area contributed by atoms with Crippen molar-refractivity contribution < 1.29 is 4.74 Å². The van der Waals surface area contributed by atoms with Crippen molar-refractivity contribution in [3.8, 4) is 0 Å². The zero-order valence-corrected chi connectivity index (χ0v) is 14.8. The fourth-order valence-electron chi connectivity index (χ4n) is 3.13. The van der Waals surface area contributed by atoms with Gasteiger partial charge in [0.05, 0.1) is 0 Å². The topological polar surface area (TPSA) is 9.23 Å². The van der Waals surface area contributed by atoms with E-state index in [9.17, 15) is 0 Å². The molecule has 118 valence electrons. The number of hydrogen-bond donors (Lipinski definition) is 0. The van der Waals surface area contributed by atoms with Crippen molar-refractivity contribution in [2.75, 3.05) is 13.5 Å². The molecular weight excluding hydrogens is 323 g/mol. The Morgan fingerprint density at radius 1 is 0.652 bits per heavy atom. The fourth-order valence-corrected chi connectivity index (χ4v) is 8.64. The molecule has 3 aromatic rings.